The zero-order valence-corrected chi connectivity index (χ0v) is 21.2. The van der Waals surface area contributed by atoms with Gasteiger partial charge in [0.05, 0.1) is 12.6 Å². The molecule has 2 atom stereocenters. The van der Waals surface area contributed by atoms with E-state index in [-0.39, 0.29) is 47.6 Å². The molecular weight excluding hydrogens is 402 g/mol. The maximum atomic E-state index is 13.0. The van der Waals surface area contributed by atoms with Gasteiger partial charge in [-0.25, -0.2) is 0 Å². The molecule has 0 aromatic heterocycles. The lowest BCUT2D eigenvalue weighted by Crippen LogP contribution is -2.48. The average Bonchev–Trinajstić information content (AvgIpc) is 2.75. The molecule has 0 bridgehead atoms. The Morgan fingerprint density at radius 3 is 2.09 bits per heavy atom. The Balaban J connectivity index is 2.90. The van der Waals surface area contributed by atoms with Gasteiger partial charge in [0.25, 0.3) is 0 Å². The van der Waals surface area contributed by atoms with Crippen molar-refractivity contribution in [2.75, 3.05) is 27.7 Å². The summed E-state index contributed by atoms with van der Waals surface area (Å²) in [4.78, 5) is 41.3. The summed E-state index contributed by atoms with van der Waals surface area (Å²) in [7, 11) is 5.12. The Kier molecular flexibility index (Phi) is 10.1. The van der Waals surface area contributed by atoms with Gasteiger partial charge in [-0.1, -0.05) is 71.0 Å². The summed E-state index contributed by atoms with van der Waals surface area (Å²) < 4.78 is 0. The Hall–Kier alpha value is -2.63. The summed E-state index contributed by atoms with van der Waals surface area (Å²) >= 11 is 0. The van der Waals surface area contributed by atoms with Crippen LogP contribution in [-0.4, -0.2) is 61.3 Å². The van der Waals surface area contributed by atoms with Crippen LogP contribution in [-0.2, 0) is 19.8 Å². The number of benzene rings is 1. The van der Waals surface area contributed by atoms with E-state index >= 15 is 0 Å². The zero-order chi connectivity index (χ0) is 24.6. The van der Waals surface area contributed by atoms with E-state index in [1.54, 1.807) is 33.0 Å². The largest absolute Gasteiger partial charge is 0.347 e. The number of hydrogen-bond acceptors (Lipinski definition) is 3. The first-order valence-corrected chi connectivity index (χ1v) is 11.3. The number of carbonyl (C=O) groups is 3. The first-order chi connectivity index (χ1) is 14.8. The molecule has 0 aliphatic carbocycles. The van der Waals surface area contributed by atoms with Crippen molar-refractivity contribution in [1.82, 2.24) is 15.1 Å². The molecule has 0 fully saturated rings. The van der Waals surface area contributed by atoms with Crippen molar-refractivity contribution < 1.29 is 14.4 Å². The zero-order valence-electron chi connectivity index (χ0n) is 21.2. The van der Waals surface area contributed by atoms with Crippen LogP contribution in [0.4, 0.5) is 0 Å². The van der Waals surface area contributed by atoms with Gasteiger partial charge in [-0.2, -0.15) is 0 Å². The molecule has 0 spiro atoms. The summed E-state index contributed by atoms with van der Waals surface area (Å²) in [6.07, 6.45) is 2.50. The predicted molar refractivity (Wildman–Crippen MR) is 130 cm³/mol. The molecule has 3 amide bonds. The van der Waals surface area contributed by atoms with Gasteiger partial charge in [-0.3, -0.25) is 14.4 Å². The van der Waals surface area contributed by atoms with Crippen LogP contribution in [0, 0.1) is 11.8 Å². The van der Waals surface area contributed by atoms with Crippen LogP contribution < -0.4 is 5.32 Å². The van der Waals surface area contributed by atoms with Gasteiger partial charge in [0, 0.05) is 38.0 Å². The minimum atomic E-state index is -0.359. The molecule has 0 saturated heterocycles. The number of nitrogens with one attached hydrogen (secondary N) is 1. The van der Waals surface area contributed by atoms with E-state index in [0.717, 1.165) is 5.56 Å². The summed E-state index contributed by atoms with van der Waals surface area (Å²) in [6, 6.07) is 9.73. The third kappa shape index (κ3) is 6.94. The summed E-state index contributed by atoms with van der Waals surface area (Å²) in [5.74, 6) is -0.545. The van der Waals surface area contributed by atoms with Crippen molar-refractivity contribution in [1.29, 1.82) is 0 Å². The third-order valence-electron chi connectivity index (χ3n) is 6.22. The van der Waals surface area contributed by atoms with Crippen molar-refractivity contribution in [2.45, 2.75) is 59.4 Å². The summed E-state index contributed by atoms with van der Waals surface area (Å²) in [5, 5.41) is 2.85. The van der Waals surface area contributed by atoms with Crippen LogP contribution in [0.2, 0.25) is 0 Å². The van der Waals surface area contributed by atoms with Gasteiger partial charge < -0.3 is 15.1 Å². The molecule has 0 aliphatic heterocycles. The van der Waals surface area contributed by atoms with Gasteiger partial charge >= 0.3 is 0 Å². The minimum Gasteiger partial charge on any atom is -0.347 e. The SMILES string of the molecule is CC[C@H](C(=O)NCC(=O)N(C)[C@H](/C=C(\C)C(=O)N(C)C)C(C)C)C(C)(C)c1ccccc1. The van der Waals surface area contributed by atoms with Crippen LogP contribution in [0.5, 0.6) is 0 Å². The van der Waals surface area contributed by atoms with Gasteiger partial charge in [0.2, 0.25) is 17.7 Å². The van der Waals surface area contributed by atoms with Crippen molar-refractivity contribution >= 4 is 17.7 Å². The Labute approximate surface area is 194 Å². The number of likely N-dealkylation sites (N-methyl/N-ethyl adjacent to an activating group) is 2. The number of carbonyl (C=O) groups excluding carboxylic acids is 3. The highest BCUT2D eigenvalue weighted by Gasteiger charge is 2.35. The van der Waals surface area contributed by atoms with Crippen LogP contribution in [0.15, 0.2) is 42.0 Å². The molecule has 178 valence electrons. The first kappa shape index (κ1) is 27.4. The molecule has 1 N–H and O–H groups in total. The molecule has 6 nitrogen and oxygen atoms in total. The molecular formula is C26H41N3O3. The van der Waals surface area contributed by atoms with Crippen LogP contribution in [0.25, 0.3) is 0 Å². The van der Waals surface area contributed by atoms with E-state index in [4.69, 9.17) is 0 Å². The van der Waals surface area contributed by atoms with E-state index in [0.29, 0.717) is 12.0 Å². The smallest absolute Gasteiger partial charge is 0.248 e. The fraction of sp³-hybridized carbons (Fsp3) is 0.577. The fourth-order valence-electron chi connectivity index (χ4n) is 4.10. The second kappa shape index (κ2) is 11.8. The average molecular weight is 444 g/mol. The Bertz CT molecular complexity index is 813. The summed E-state index contributed by atoms with van der Waals surface area (Å²) in [5.41, 5.74) is 1.33. The van der Waals surface area contributed by atoms with E-state index in [9.17, 15) is 14.4 Å². The molecule has 1 aromatic carbocycles. The van der Waals surface area contributed by atoms with E-state index in [1.807, 2.05) is 57.2 Å². The minimum absolute atomic E-state index is 0.0750. The number of rotatable bonds is 10. The molecule has 0 saturated carbocycles. The third-order valence-corrected chi connectivity index (χ3v) is 6.22. The maximum Gasteiger partial charge on any atom is 0.248 e. The highest BCUT2D eigenvalue weighted by atomic mass is 16.2. The lowest BCUT2D eigenvalue weighted by Gasteiger charge is -2.34. The Morgan fingerprint density at radius 2 is 1.62 bits per heavy atom. The van der Waals surface area contributed by atoms with Gasteiger partial charge in [0.15, 0.2) is 0 Å². The van der Waals surface area contributed by atoms with E-state index < -0.39 is 0 Å². The second-order valence-corrected chi connectivity index (χ2v) is 9.55. The van der Waals surface area contributed by atoms with E-state index in [1.165, 1.54) is 4.90 Å². The molecule has 0 radical (unpaired) electrons. The topological polar surface area (TPSA) is 69.7 Å². The molecule has 6 heteroatoms. The van der Waals surface area contributed by atoms with Crippen LogP contribution >= 0.6 is 0 Å². The van der Waals surface area contributed by atoms with Gasteiger partial charge in [-0.15, -0.1) is 0 Å². The monoisotopic (exact) mass is 443 g/mol. The van der Waals surface area contributed by atoms with E-state index in [2.05, 4.69) is 19.2 Å². The molecule has 1 aromatic rings. The van der Waals surface area contributed by atoms with Gasteiger partial charge in [-0.05, 0) is 24.8 Å². The summed E-state index contributed by atoms with van der Waals surface area (Å²) in [6.45, 7) is 11.8. The first-order valence-electron chi connectivity index (χ1n) is 11.3. The highest BCUT2D eigenvalue weighted by Crippen LogP contribution is 2.33. The number of hydrogen-bond donors (Lipinski definition) is 1. The maximum absolute atomic E-state index is 13.0. The van der Waals surface area contributed by atoms with Crippen LogP contribution in [0.1, 0.15) is 53.5 Å². The van der Waals surface area contributed by atoms with Crippen molar-refractivity contribution in [3.8, 4) is 0 Å². The quantitative estimate of drug-likeness (QED) is 0.562. The molecule has 0 unspecified atom stereocenters. The predicted octanol–water partition coefficient (Wildman–Crippen LogP) is 3.62. The second-order valence-electron chi connectivity index (χ2n) is 9.55. The van der Waals surface area contributed by atoms with Crippen molar-refractivity contribution in [3.63, 3.8) is 0 Å². The molecule has 1 rings (SSSR count). The highest BCUT2D eigenvalue weighted by molar-refractivity contribution is 5.92. The van der Waals surface area contributed by atoms with Crippen molar-refractivity contribution in [3.05, 3.63) is 47.5 Å². The number of amides is 3. The van der Waals surface area contributed by atoms with Crippen LogP contribution in [0.3, 0.4) is 0 Å². The number of nitrogens with zero attached hydrogens (tertiary/aromatic N) is 2. The molecule has 32 heavy (non-hydrogen) atoms. The fourth-order valence-corrected chi connectivity index (χ4v) is 4.10. The standard InChI is InChI=1S/C26H41N3O3/c1-10-21(26(5,6)20-14-12-11-13-15-20)24(31)27-17-23(30)29(9)22(18(2)3)16-19(4)25(32)28(7)8/h11-16,18,21-22H,10,17H2,1-9H3,(H,27,31)/b19-16+/t21-,22-/m1/s1. The molecule has 0 heterocycles. The van der Waals surface area contributed by atoms with Crippen molar-refractivity contribution in [2.24, 2.45) is 11.8 Å². The Morgan fingerprint density at radius 1 is 1.06 bits per heavy atom. The van der Waals surface area contributed by atoms with Gasteiger partial charge in [0.1, 0.15) is 0 Å². The normalized spacial score (nSPS) is 14.0. The lowest BCUT2D eigenvalue weighted by atomic mass is 9.71. The lowest BCUT2D eigenvalue weighted by molar-refractivity contribution is -0.135. The molecule has 0 aliphatic rings.